The first-order chi connectivity index (χ1) is 5.88. The molecule has 1 saturated carbocycles. The minimum atomic E-state index is -0.196. The van der Waals surface area contributed by atoms with Gasteiger partial charge in [-0.3, -0.25) is 4.68 Å². The van der Waals surface area contributed by atoms with E-state index in [4.69, 9.17) is 0 Å². The van der Waals surface area contributed by atoms with Gasteiger partial charge >= 0.3 is 0 Å². The van der Waals surface area contributed by atoms with Crippen LogP contribution in [-0.2, 0) is 0 Å². The molecule has 3 nitrogen and oxygen atoms in total. The predicted octanol–water partition coefficient (Wildman–Crippen LogP) is 1.36. The zero-order valence-corrected chi connectivity index (χ0v) is 7.06. The molecule has 2 rings (SSSR count). The molecule has 1 N–H and O–H groups in total. The van der Waals surface area contributed by atoms with E-state index in [1.165, 1.54) is 6.42 Å². The van der Waals surface area contributed by atoms with E-state index in [0.717, 1.165) is 19.3 Å². The second-order valence-electron chi connectivity index (χ2n) is 3.41. The molecule has 0 amide bonds. The highest BCUT2D eigenvalue weighted by Gasteiger charge is 2.24. The van der Waals surface area contributed by atoms with Crippen molar-refractivity contribution in [1.82, 2.24) is 9.78 Å². The summed E-state index contributed by atoms with van der Waals surface area (Å²) < 4.78 is 1.88. The number of hydrogen-bond acceptors (Lipinski definition) is 2. The molecule has 0 aromatic carbocycles. The van der Waals surface area contributed by atoms with Gasteiger partial charge in [0.1, 0.15) is 0 Å². The lowest BCUT2D eigenvalue weighted by Gasteiger charge is -2.27. The van der Waals surface area contributed by atoms with E-state index >= 15 is 0 Å². The molecule has 1 aliphatic carbocycles. The van der Waals surface area contributed by atoms with Crippen LogP contribution in [0.15, 0.2) is 18.5 Å². The lowest BCUT2D eigenvalue weighted by molar-refractivity contribution is 0.0694. The first-order valence-corrected chi connectivity index (χ1v) is 4.55. The normalized spacial score (nSPS) is 30.4. The number of aromatic nitrogens is 2. The topological polar surface area (TPSA) is 38.0 Å². The molecule has 2 atom stereocenters. The smallest absolute Gasteiger partial charge is 0.0778 e. The highest BCUT2D eigenvalue weighted by molar-refractivity contribution is 4.86. The SMILES string of the molecule is O[C@@H]1CCCC[C@@H]1n1cccn1. The predicted molar refractivity (Wildman–Crippen MR) is 45.7 cm³/mol. The van der Waals surface area contributed by atoms with Gasteiger partial charge in [0.15, 0.2) is 0 Å². The molecule has 1 aromatic heterocycles. The Balaban J connectivity index is 2.11. The van der Waals surface area contributed by atoms with E-state index in [-0.39, 0.29) is 12.1 Å². The summed E-state index contributed by atoms with van der Waals surface area (Å²) in [5.74, 6) is 0. The van der Waals surface area contributed by atoms with Gasteiger partial charge in [-0.2, -0.15) is 5.10 Å². The molecule has 1 aromatic rings. The molecule has 0 saturated heterocycles. The van der Waals surface area contributed by atoms with Gasteiger partial charge in [-0.05, 0) is 18.9 Å². The summed E-state index contributed by atoms with van der Waals surface area (Å²) in [5.41, 5.74) is 0. The Bertz CT molecular complexity index is 233. The summed E-state index contributed by atoms with van der Waals surface area (Å²) in [7, 11) is 0. The van der Waals surface area contributed by atoms with E-state index in [2.05, 4.69) is 5.10 Å². The maximum Gasteiger partial charge on any atom is 0.0778 e. The van der Waals surface area contributed by atoms with Crippen molar-refractivity contribution < 1.29 is 5.11 Å². The molecule has 1 aliphatic rings. The van der Waals surface area contributed by atoms with Crippen molar-refractivity contribution in [2.45, 2.75) is 37.8 Å². The lowest BCUT2D eigenvalue weighted by atomic mass is 9.93. The maximum atomic E-state index is 9.68. The molecule has 1 fully saturated rings. The first kappa shape index (κ1) is 7.80. The van der Waals surface area contributed by atoms with Crippen molar-refractivity contribution in [2.24, 2.45) is 0 Å². The van der Waals surface area contributed by atoms with Crippen molar-refractivity contribution in [2.75, 3.05) is 0 Å². The molecule has 0 radical (unpaired) electrons. The fraction of sp³-hybridized carbons (Fsp3) is 0.667. The molecule has 12 heavy (non-hydrogen) atoms. The fourth-order valence-corrected chi connectivity index (χ4v) is 1.88. The maximum absolute atomic E-state index is 9.68. The lowest BCUT2D eigenvalue weighted by Crippen LogP contribution is -2.27. The summed E-state index contributed by atoms with van der Waals surface area (Å²) >= 11 is 0. The van der Waals surface area contributed by atoms with Gasteiger partial charge in [0.25, 0.3) is 0 Å². The van der Waals surface area contributed by atoms with Gasteiger partial charge in [-0.15, -0.1) is 0 Å². The van der Waals surface area contributed by atoms with Crippen molar-refractivity contribution in [3.63, 3.8) is 0 Å². The van der Waals surface area contributed by atoms with Crippen LogP contribution < -0.4 is 0 Å². The zero-order valence-electron chi connectivity index (χ0n) is 7.06. The van der Waals surface area contributed by atoms with Gasteiger partial charge in [0.05, 0.1) is 12.1 Å². The molecule has 0 bridgehead atoms. The van der Waals surface area contributed by atoms with Gasteiger partial charge < -0.3 is 5.11 Å². The van der Waals surface area contributed by atoms with E-state index in [0.29, 0.717) is 0 Å². The van der Waals surface area contributed by atoms with Gasteiger partial charge in [-0.25, -0.2) is 0 Å². The van der Waals surface area contributed by atoms with Gasteiger partial charge in [0.2, 0.25) is 0 Å². The summed E-state index contributed by atoms with van der Waals surface area (Å²) in [6.45, 7) is 0. The Labute approximate surface area is 72.0 Å². The summed E-state index contributed by atoms with van der Waals surface area (Å²) in [5, 5.41) is 13.8. The first-order valence-electron chi connectivity index (χ1n) is 4.55. The van der Waals surface area contributed by atoms with Crippen molar-refractivity contribution in [1.29, 1.82) is 0 Å². The molecule has 66 valence electrons. The van der Waals surface area contributed by atoms with Crippen LogP contribution in [0, 0.1) is 0 Å². The van der Waals surface area contributed by atoms with E-state index < -0.39 is 0 Å². The standard InChI is InChI=1S/C9H14N2O/c12-9-5-2-1-4-8(9)11-7-3-6-10-11/h3,6-9,12H,1-2,4-5H2/t8-,9+/m0/s1. The highest BCUT2D eigenvalue weighted by atomic mass is 16.3. The molecular weight excluding hydrogens is 152 g/mol. The van der Waals surface area contributed by atoms with Crippen molar-refractivity contribution in [3.8, 4) is 0 Å². The number of rotatable bonds is 1. The number of aliphatic hydroxyl groups excluding tert-OH is 1. The summed E-state index contributed by atoms with van der Waals surface area (Å²) in [6, 6.07) is 2.12. The second-order valence-corrected chi connectivity index (χ2v) is 3.41. The van der Waals surface area contributed by atoms with Crippen LogP contribution >= 0.6 is 0 Å². The third kappa shape index (κ3) is 1.37. The van der Waals surface area contributed by atoms with E-state index in [9.17, 15) is 5.11 Å². The van der Waals surface area contributed by atoms with Crippen LogP contribution in [0.2, 0.25) is 0 Å². The van der Waals surface area contributed by atoms with Gasteiger partial charge in [-0.1, -0.05) is 12.8 Å². The Hall–Kier alpha value is -0.830. The molecular formula is C9H14N2O. The molecule has 0 aliphatic heterocycles. The molecule has 0 unspecified atom stereocenters. The fourth-order valence-electron chi connectivity index (χ4n) is 1.88. The number of hydrogen-bond donors (Lipinski definition) is 1. The third-order valence-corrected chi connectivity index (χ3v) is 2.56. The molecule has 3 heteroatoms. The third-order valence-electron chi connectivity index (χ3n) is 2.56. The number of nitrogens with zero attached hydrogens (tertiary/aromatic N) is 2. The average molecular weight is 166 g/mol. The van der Waals surface area contributed by atoms with Crippen LogP contribution in [-0.4, -0.2) is 21.0 Å². The van der Waals surface area contributed by atoms with Crippen LogP contribution in [0.1, 0.15) is 31.7 Å². The van der Waals surface area contributed by atoms with Crippen molar-refractivity contribution in [3.05, 3.63) is 18.5 Å². The van der Waals surface area contributed by atoms with E-state index in [1.54, 1.807) is 6.20 Å². The van der Waals surface area contributed by atoms with Crippen LogP contribution in [0.25, 0.3) is 0 Å². The summed E-state index contributed by atoms with van der Waals surface area (Å²) in [6.07, 6.45) is 7.84. The van der Waals surface area contributed by atoms with Gasteiger partial charge in [0, 0.05) is 12.4 Å². The Morgan fingerprint density at radius 2 is 2.17 bits per heavy atom. The molecule has 0 spiro atoms. The average Bonchev–Trinajstić information content (AvgIpc) is 2.57. The second kappa shape index (κ2) is 3.27. The molecule has 1 heterocycles. The number of aliphatic hydroxyl groups is 1. The quantitative estimate of drug-likeness (QED) is 0.684. The largest absolute Gasteiger partial charge is 0.391 e. The highest BCUT2D eigenvalue weighted by Crippen LogP contribution is 2.27. The Morgan fingerprint density at radius 1 is 1.33 bits per heavy atom. The van der Waals surface area contributed by atoms with Crippen LogP contribution in [0.3, 0.4) is 0 Å². The Morgan fingerprint density at radius 3 is 2.83 bits per heavy atom. The van der Waals surface area contributed by atoms with E-state index in [1.807, 2.05) is 16.9 Å². The monoisotopic (exact) mass is 166 g/mol. The van der Waals surface area contributed by atoms with Crippen LogP contribution in [0.4, 0.5) is 0 Å². The zero-order chi connectivity index (χ0) is 8.39. The minimum absolute atomic E-state index is 0.196. The Kier molecular flexibility index (Phi) is 2.13. The van der Waals surface area contributed by atoms with Crippen LogP contribution in [0.5, 0.6) is 0 Å². The minimum Gasteiger partial charge on any atom is -0.391 e. The summed E-state index contributed by atoms with van der Waals surface area (Å²) in [4.78, 5) is 0. The van der Waals surface area contributed by atoms with Crippen molar-refractivity contribution >= 4 is 0 Å².